The number of methoxy groups -OCH3 is 3. The average Bonchev–Trinajstić information content (AvgIpc) is 3.45. The first kappa shape index (κ1) is 22.4. The Hall–Kier alpha value is -3.75. The molecule has 9 heteroatoms. The zero-order valence-corrected chi connectivity index (χ0v) is 19.3. The van der Waals surface area contributed by atoms with Crippen LogP contribution in [0.2, 0.25) is 0 Å². The summed E-state index contributed by atoms with van der Waals surface area (Å²) in [6, 6.07) is 10.9. The number of hydrogen-bond acceptors (Lipinski definition) is 8. The number of benzene rings is 2. The Bertz CT molecular complexity index is 1140. The van der Waals surface area contributed by atoms with Crippen LogP contribution in [-0.4, -0.2) is 50.0 Å². The molecule has 1 aliphatic heterocycles. The van der Waals surface area contributed by atoms with Gasteiger partial charge in [0.2, 0.25) is 17.6 Å². The summed E-state index contributed by atoms with van der Waals surface area (Å²) in [5.74, 6) is 3.01. The Labute approximate surface area is 192 Å². The predicted octanol–water partition coefficient (Wildman–Crippen LogP) is 4.07. The Morgan fingerprint density at radius 2 is 1.67 bits per heavy atom. The van der Waals surface area contributed by atoms with E-state index in [0.29, 0.717) is 41.3 Å². The van der Waals surface area contributed by atoms with Gasteiger partial charge in [0.25, 0.3) is 0 Å². The lowest BCUT2D eigenvalue weighted by Crippen LogP contribution is -2.24. The van der Waals surface area contributed by atoms with Crippen molar-refractivity contribution in [3.05, 3.63) is 42.3 Å². The lowest BCUT2D eigenvalue weighted by molar-refractivity contribution is -0.117. The molecule has 1 atom stereocenters. The van der Waals surface area contributed by atoms with Gasteiger partial charge in [-0.2, -0.15) is 4.98 Å². The Kier molecular flexibility index (Phi) is 6.39. The fourth-order valence-electron chi connectivity index (χ4n) is 3.79. The highest BCUT2D eigenvalue weighted by Crippen LogP contribution is 2.37. The Morgan fingerprint density at radius 3 is 2.36 bits per heavy atom. The van der Waals surface area contributed by atoms with Gasteiger partial charge >= 0.3 is 0 Å². The molecule has 9 nitrogen and oxygen atoms in total. The third kappa shape index (κ3) is 4.57. The molecule has 0 saturated carbocycles. The summed E-state index contributed by atoms with van der Waals surface area (Å²) in [7, 11) is 4.72. The number of amides is 1. The normalized spacial score (nSPS) is 15.8. The zero-order chi connectivity index (χ0) is 23.5. The van der Waals surface area contributed by atoms with E-state index in [2.05, 4.69) is 10.1 Å². The molecule has 3 aromatic rings. The minimum absolute atomic E-state index is 0.0232. The van der Waals surface area contributed by atoms with Crippen molar-refractivity contribution in [3.8, 4) is 34.4 Å². The van der Waals surface area contributed by atoms with Crippen LogP contribution in [-0.2, 0) is 4.79 Å². The first-order chi connectivity index (χ1) is 15.9. The topological polar surface area (TPSA) is 96.2 Å². The molecule has 1 fully saturated rings. The van der Waals surface area contributed by atoms with Crippen LogP contribution in [0.15, 0.2) is 40.9 Å². The lowest BCUT2D eigenvalue weighted by Gasteiger charge is -2.18. The number of carbonyl (C=O) groups excluding carboxylic acids is 1. The number of aromatic nitrogens is 2. The third-order valence-corrected chi connectivity index (χ3v) is 5.38. The molecule has 1 saturated heterocycles. The fraction of sp³-hybridized carbons (Fsp3) is 0.375. The summed E-state index contributed by atoms with van der Waals surface area (Å²) in [5, 5.41) is 4.12. The fourth-order valence-corrected chi connectivity index (χ4v) is 3.79. The monoisotopic (exact) mass is 453 g/mol. The summed E-state index contributed by atoms with van der Waals surface area (Å²) in [5.41, 5.74) is 1.46. The van der Waals surface area contributed by atoms with Crippen LogP contribution < -0.4 is 23.8 Å². The van der Waals surface area contributed by atoms with E-state index in [1.807, 2.05) is 38.1 Å². The molecule has 1 aliphatic rings. The van der Waals surface area contributed by atoms with E-state index >= 15 is 0 Å². The second-order valence-electron chi connectivity index (χ2n) is 7.93. The average molecular weight is 453 g/mol. The van der Waals surface area contributed by atoms with Crippen molar-refractivity contribution in [2.45, 2.75) is 32.3 Å². The maximum atomic E-state index is 12.7. The lowest BCUT2D eigenvalue weighted by atomic mass is 10.1. The van der Waals surface area contributed by atoms with Gasteiger partial charge in [-0.05, 0) is 44.2 Å². The number of rotatable bonds is 8. The standard InChI is InChI=1S/C24H27N3O6/c1-14(2)32-19-8-6-15(10-20(19)30-4)23-25-24(33-26-23)16-11-22(28)27(13-16)17-7-9-18(29-3)21(12-17)31-5/h6-10,12,14,16H,11,13H2,1-5H3. The molecule has 2 heterocycles. The maximum Gasteiger partial charge on any atom is 0.232 e. The molecule has 2 aromatic carbocycles. The van der Waals surface area contributed by atoms with Gasteiger partial charge in [0.1, 0.15) is 0 Å². The van der Waals surface area contributed by atoms with E-state index in [1.165, 1.54) is 0 Å². The highest BCUT2D eigenvalue weighted by Gasteiger charge is 2.35. The second kappa shape index (κ2) is 9.40. The van der Waals surface area contributed by atoms with Crippen LogP contribution in [0.4, 0.5) is 5.69 Å². The van der Waals surface area contributed by atoms with Gasteiger partial charge < -0.3 is 28.4 Å². The molecule has 0 radical (unpaired) electrons. The summed E-state index contributed by atoms with van der Waals surface area (Å²) >= 11 is 0. The van der Waals surface area contributed by atoms with E-state index in [0.717, 1.165) is 11.3 Å². The highest BCUT2D eigenvalue weighted by atomic mass is 16.5. The Morgan fingerprint density at radius 1 is 0.970 bits per heavy atom. The number of nitrogens with zero attached hydrogens (tertiary/aromatic N) is 3. The molecule has 174 valence electrons. The molecule has 1 amide bonds. The van der Waals surface area contributed by atoms with Crippen LogP contribution in [0.25, 0.3) is 11.4 Å². The summed E-state index contributed by atoms with van der Waals surface area (Å²) in [4.78, 5) is 19.0. The largest absolute Gasteiger partial charge is 0.493 e. The van der Waals surface area contributed by atoms with Crippen molar-refractivity contribution in [2.24, 2.45) is 0 Å². The van der Waals surface area contributed by atoms with Crippen LogP contribution in [0.3, 0.4) is 0 Å². The molecule has 0 N–H and O–H groups in total. The van der Waals surface area contributed by atoms with Crippen LogP contribution >= 0.6 is 0 Å². The van der Waals surface area contributed by atoms with Crippen molar-refractivity contribution in [1.82, 2.24) is 10.1 Å². The number of ether oxygens (including phenoxy) is 4. The minimum Gasteiger partial charge on any atom is -0.493 e. The SMILES string of the molecule is COc1ccc(N2CC(c3nc(-c4ccc(OC(C)C)c(OC)c4)no3)CC2=O)cc1OC. The maximum absolute atomic E-state index is 12.7. The van der Waals surface area contributed by atoms with E-state index in [-0.39, 0.29) is 24.3 Å². The van der Waals surface area contributed by atoms with Gasteiger partial charge in [-0.15, -0.1) is 0 Å². The zero-order valence-electron chi connectivity index (χ0n) is 19.3. The van der Waals surface area contributed by atoms with Gasteiger partial charge in [0.05, 0.1) is 33.4 Å². The highest BCUT2D eigenvalue weighted by molar-refractivity contribution is 5.96. The van der Waals surface area contributed by atoms with Crippen molar-refractivity contribution >= 4 is 11.6 Å². The van der Waals surface area contributed by atoms with Crippen molar-refractivity contribution in [2.75, 3.05) is 32.8 Å². The summed E-state index contributed by atoms with van der Waals surface area (Å²) in [6.45, 7) is 4.33. The molecular weight excluding hydrogens is 426 g/mol. The van der Waals surface area contributed by atoms with Gasteiger partial charge in [0.15, 0.2) is 23.0 Å². The molecule has 0 spiro atoms. The van der Waals surface area contributed by atoms with Crippen LogP contribution in [0.5, 0.6) is 23.0 Å². The van der Waals surface area contributed by atoms with Crippen molar-refractivity contribution in [1.29, 1.82) is 0 Å². The molecule has 4 rings (SSSR count). The van der Waals surface area contributed by atoms with Crippen molar-refractivity contribution < 1.29 is 28.3 Å². The summed E-state index contributed by atoms with van der Waals surface area (Å²) in [6.07, 6.45) is 0.301. The number of anilines is 1. The smallest absolute Gasteiger partial charge is 0.232 e. The third-order valence-electron chi connectivity index (χ3n) is 5.38. The van der Waals surface area contributed by atoms with E-state index < -0.39 is 0 Å². The molecule has 1 aromatic heterocycles. The minimum atomic E-state index is -0.211. The van der Waals surface area contributed by atoms with Crippen LogP contribution in [0, 0.1) is 0 Å². The molecular formula is C24H27N3O6. The molecule has 1 unspecified atom stereocenters. The first-order valence-electron chi connectivity index (χ1n) is 10.6. The molecule has 0 aliphatic carbocycles. The first-order valence-corrected chi connectivity index (χ1v) is 10.6. The van der Waals surface area contributed by atoms with Crippen molar-refractivity contribution in [3.63, 3.8) is 0 Å². The molecule has 0 bridgehead atoms. The number of carbonyl (C=O) groups is 1. The quantitative estimate of drug-likeness (QED) is 0.504. The second-order valence-corrected chi connectivity index (χ2v) is 7.93. The predicted molar refractivity (Wildman–Crippen MR) is 121 cm³/mol. The van der Waals surface area contributed by atoms with Gasteiger partial charge in [-0.3, -0.25) is 4.79 Å². The van der Waals surface area contributed by atoms with Gasteiger partial charge in [-0.1, -0.05) is 5.16 Å². The van der Waals surface area contributed by atoms with E-state index in [9.17, 15) is 4.79 Å². The van der Waals surface area contributed by atoms with E-state index in [1.54, 1.807) is 38.4 Å². The Balaban J connectivity index is 1.53. The molecule has 33 heavy (non-hydrogen) atoms. The van der Waals surface area contributed by atoms with Crippen LogP contribution in [0.1, 0.15) is 32.1 Å². The van der Waals surface area contributed by atoms with E-state index in [4.69, 9.17) is 23.5 Å². The summed E-state index contributed by atoms with van der Waals surface area (Å²) < 4.78 is 27.4. The van der Waals surface area contributed by atoms with Gasteiger partial charge in [0, 0.05) is 30.3 Å². The van der Waals surface area contributed by atoms with Gasteiger partial charge in [-0.25, -0.2) is 0 Å². The number of hydrogen-bond donors (Lipinski definition) is 0.